The third-order valence-electron chi connectivity index (χ3n) is 2.13. The lowest BCUT2D eigenvalue weighted by molar-refractivity contribution is -0.119. The minimum absolute atomic E-state index is 0.0435. The van der Waals surface area contributed by atoms with Gasteiger partial charge in [-0.3, -0.25) is 4.79 Å². The zero-order valence-electron chi connectivity index (χ0n) is 9.13. The normalized spacial score (nSPS) is 10.4. The fraction of sp³-hybridized carbons (Fsp3) is 0.417. The summed E-state index contributed by atoms with van der Waals surface area (Å²) in [6.45, 7) is 2.90. The molecule has 0 amide bonds. The van der Waals surface area contributed by atoms with E-state index in [0.717, 1.165) is 0 Å². The number of carbonyl (C=O) groups is 1. The van der Waals surface area contributed by atoms with Crippen molar-refractivity contribution in [3.63, 3.8) is 0 Å². The molecular weight excluding hydrogens is 231 g/mol. The van der Waals surface area contributed by atoms with E-state index in [1.807, 2.05) is 6.92 Å². The third-order valence-corrected chi connectivity index (χ3v) is 2.48. The highest BCUT2D eigenvalue weighted by Gasteiger charge is 2.07. The lowest BCUT2D eigenvalue weighted by atomic mass is 10.1. The summed E-state index contributed by atoms with van der Waals surface area (Å²) in [5.74, 6) is -0.350. The number of ether oxygens (including phenoxy) is 1. The first kappa shape index (κ1) is 13.1. The fourth-order valence-corrected chi connectivity index (χ4v) is 1.53. The van der Waals surface area contributed by atoms with Gasteiger partial charge in [-0.2, -0.15) is 0 Å². The highest BCUT2D eigenvalue weighted by atomic mass is 35.5. The number of hydrogen-bond donors (Lipinski definition) is 0. The van der Waals surface area contributed by atoms with Gasteiger partial charge in [-0.15, -0.1) is 0 Å². The molecule has 1 aromatic rings. The Morgan fingerprint density at radius 3 is 2.88 bits per heavy atom. The largest absolute Gasteiger partial charge is 0.381 e. The molecule has 0 N–H and O–H groups in total. The molecule has 0 fully saturated rings. The van der Waals surface area contributed by atoms with Gasteiger partial charge in [0.2, 0.25) is 0 Å². The molecule has 0 aliphatic heterocycles. The second-order valence-electron chi connectivity index (χ2n) is 3.40. The molecule has 88 valence electrons. The van der Waals surface area contributed by atoms with Crippen molar-refractivity contribution in [2.45, 2.75) is 19.8 Å². The van der Waals surface area contributed by atoms with Crippen LogP contribution in [0.2, 0.25) is 5.02 Å². The molecule has 0 heterocycles. The maximum absolute atomic E-state index is 12.7. The van der Waals surface area contributed by atoms with Crippen molar-refractivity contribution in [1.29, 1.82) is 0 Å². The van der Waals surface area contributed by atoms with E-state index in [9.17, 15) is 9.18 Å². The van der Waals surface area contributed by atoms with Gasteiger partial charge in [-0.05, 0) is 24.6 Å². The van der Waals surface area contributed by atoms with Crippen LogP contribution in [0.25, 0.3) is 0 Å². The van der Waals surface area contributed by atoms with Crippen LogP contribution in [0.15, 0.2) is 18.2 Å². The standard InChI is InChI=1S/C12H14ClFO2/c1-2-16-6-5-11(15)7-9-3-4-10(14)8-12(9)13/h3-4,8H,2,5-7H2,1H3. The molecule has 0 aliphatic carbocycles. The van der Waals surface area contributed by atoms with E-state index in [-0.39, 0.29) is 12.2 Å². The maximum Gasteiger partial charge on any atom is 0.139 e. The van der Waals surface area contributed by atoms with Crippen LogP contribution in [0.5, 0.6) is 0 Å². The van der Waals surface area contributed by atoms with Crippen LogP contribution in [0.4, 0.5) is 4.39 Å². The van der Waals surface area contributed by atoms with Gasteiger partial charge in [0.25, 0.3) is 0 Å². The summed E-state index contributed by atoms with van der Waals surface area (Å²) in [5.41, 5.74) is 0.657. The second-order valence-corrected chi connectivity index (χ2v) is 3.81. The van der Waals surface area contributed by atoms with Crippen LogP contribution >= 0.6 is 11.6 Å². The summed E-state index contributed by atoms with van der Waals surface area (Å²) in [5, 5.41) is 0.296. The predicted octanol–water partition coefficient (Wildman–Crippen LogP) is 3.02. The molecule has 0 spiro atoms. The molecule has 4 heteroatoms. The molecule has 0 aromatic heterocycles. The van der Waals surface area contributed by atoms with E-state index in [1.165, 1.54) is 18.2 Å². The number of ketones is 1. The highest BCUT2D eigenvalue weighted by Crippen LogP contribution is 2.18. The summed E-state index contributed by atoms with van der Waals surface area (Å²) in [6, 6.07) is 4.06. The van der Waals surface area contributed by atoms with E-state index in [4.69, 9.17) is 16.3 Å². The average Bonchev–Trinajstić information content (AvgIpc) is 2.23. The van der Waals surface area contributed by atoms with Gasteiger partial charge >= 0.3 is 0 Å². The molecular formula is C12H14ClFO2. The van der Waals surface area contributed by atoms with Crippen molar-refractivity contribution in [3.8, 4) is 0 Å². The van der Waals surface area contributed by atoms with Crippen LogP contribution < -0.4 is 0 Å². The van der Waals surface area contributed by atoms with E-state index >= 15 is 0 Å². The number of carbonyl (C=O) groups excluding carboxylic acids is 1. The van der Waals surface area contributed by atoms with Gasteiger partial charge in [0.1, 0.15) is 11.6 Å². The molecule has 0 unspecified atom stereocenters. The number of Topliss-reactive ketones (excluding diaryl/α,β-unsaturated/α-hetero) is 1. The third kappa shape index (κ3) is 4.29. The first-order valence-corrected chi connectivity index (χ1v) is 5.54. The molecule has 0 radical (unpaired) electrons. The van der Waals surface area contributed by atoms with Crippen molar-refractivity contribution in [1.82, 2.24) is 0 Å². The minimum Gasteiger partial charge on any atom is -0.381 e. The Hall–Kier alpha value is -0.930. The Balaban J connectivity index is 2.49. The minimum atomic E-state index is -0.393. The summed E-state index contributed by atoms with van der Waals surface area (Å²) < 4.78 is 17.8. The van der Waals surface area contributed by atoms with Crippen molar-refractivity contribution in [2.24, 2.45) is 0 Å². The first-order valence-electron chi connectivity index (χ1n) is 5.17. The summed E-state index contributed by atoms with van der Waals surface area (Å²) in [4.78, 5) is 11.5. The first-order chi connectivity index (χ1) is 7.63. The zero-order valence-corrected chi connectivity index (χ0v) is 9.89. The highest BCUT2D eigenvalue weighted by molar-refractivity contribution is 6.31. The molecule has 16 heavy (non-hydrogen) atoms. The Morgan fingerprint density at radius 2 is 2.25 bits per heavy atom. The van der Waals surface area contributed by atoms with Crippen LogP contribution in [-0.2, 0) is 16.0 Å². The molecule has 2 nitrogen and oxygen atoms in total. The van der Waals surface area contributed by atoms with E-state index in [2.05, 4.69) is 0 Å². The zero-order chi connectivity index (χ0) is 12.0. The van der Waals surface area contributed by atoms with Crippen molar-refractivity contribution < 1.29 is 13.9 Å². The van der Waals surface area contributed by atoms with Crippen LogP contribution in [0.1, 0.15) is 18.9 Å². The molecule has 0 aliphatic rings. The molecule has 0 saturated carbocycles. The van der Waals surface area contributed by atoms with Crippen LogP contribution in [0, 0.1) is 5.82 Å². The van der Waals surface area contributed by atoms with Gasteiger partial charge in [0, 0.05) is 24.5 Å². The van der Waals surface area contributed by atoms with Crippen LogP contribution in [0.3, 0.4) is 0 Å². The van der Waals surface area contributed by atoms with Gasteiger partial charge in [0.15, 0.2) is 0 Å². The summed E-state index contributed by atoms with van der Waals surface area (Å²) in [7, 11) is 0. The number of halogens is 2. The Kier molecular flexibility index (Phi) is 5.43. The summed E-state index contributed by atoms with van der Waals surface area (Å²) in [6.07, 6.45) is 0.591. The fourth-order valence-electron chi connectivity index (χ4n) is 1.30. The molecule has 0 saturated heterocycles. The Labute approximate surface area is 99.4 Å². The number of hydrogen-bond acceptors (Lipinski definition) is 2. The quantitative estimate of drug-likeness (QED) is 0.719. The van der Waals surface area contributed by atoms with Crippen molar-refractivity contribution >= 4 is 17.4 Å². The van der Waals surface area contributed by atoms with Gasteiger partial charge in [-0.25, -0.2) is 4.39 Å². The topological polar surface area (TPSA) is 26.3 Å². The Bertz CT molecular complexity index is 366. The van der Waals surface area contributed by atoms with E-state index in [1.54, 1.807) is 0 Å². The van der Waals surface area contributed by atoms with Crippen molar-refractivity contribution in [2.75, 3.05) is 13.2 Å². The monoisotopic (exact) mass is 244 g/mol. The van der Waals surface area contributed by atoms with Gasteiger partial charge < -0.3 is 4.74 Å². The van der Waals surface area contributed by atoms with Crippen molar-refractivity contribution in [3.05, 3.63) is 34.6 Å². The predicted molar refractivity (Wildman–Crippen MR) is 61.2 cm³/mol. The average molecular weight is 245 g/mol. The van der Waals surface area contributed by atoms with Gasteiger partial charge in [0.05, 0.1) is 6.61 Å². The second kappa shape index (κ2) is 6.61. The van der Waals surface area contributed by atoms with Gasteiger partial charge in [-0.1, -0.05) is 17.7 Å². The lowest BCUT2D eigenvalue weighted by Gasteiger charge is -2.04. The maximum atomic E-state index is 12.7. The molecule has 1 rings (SSSR count). The molecule has 1 aromatic carbocycles. The van der Waals surface area contributed by atoms with E-state index < -0.39 is 5.82 Å². The Morgan fingerprint density at radius 1 is 1.50 bits per heavy atom. The van der Waals surface area contributed by atoms with Crippen LogP contribution in [-0.4, -0.2) is 19.0 Å². The number of rotatable bonds is 6. The SMILES string of the molecule is CCOCCC(=O)Cc1ccc(F)cc1Cl. The molecule has 0 bridgehead atoms. The molecule has 0 atom stereocenters. The smallest absolute Gasteiger partial charge is 0.139 e. The summed E-state index contributed by atoms with van der Waals surface area (Å²) >= 11 is 5.81. The number of benzene rings is 1. The van der Waals surface area contributed by atoms with E-state index in [0.29, 0.717) is 30.2 Å². The lowest BCUT2D eigenvalue weighted by Crippen LogP contribution is -2.07.